The molecule has 0 saturated heterocycles. The summed E-state index contributed by atoms with van der Waals surface area (Å²) in [4.78, 5) is 23.7. The molecule has 0 aliphatic rings. The molecule has 4 aromatic carbocycles. The molecule has 0 radical (unpaired) electrons. The molecule has 9 nitrogen and oxygen atoms in total. The molecular formula is C45H54O9S. The number of esters is 2. The van der Waals surface area contributed by atoms with Gasteiger partial charge in [-0.05, 0) is 96.6 Å². The minimum atomic E-state index is -3.77. The van der Waals surface area contributed by atoms with Crippen LogP contribution in [0.1, 0.15) is 51.8 Å². The molecular weight excluding hydrogens is 717 g/mol. The first-order valence-electron chi connectivity index (χ1n) is 17.7. The summed E-state index contributed by atoms with van der Waals surface area (Å²) in [6, 6.07) is 25.5. The van der Waals surface area contributed by atoms with E-state index in [1.165, 1.54) is 0 Å². The number of carbonyl (C=O) groups is 2. The minimum Gasteiger partial charge on any atom is -0.496 e. The molecule has 0 saturated carbocycles. The van der Waals surface area contributed by atoms with Gasteiger partial charge in [0.25, 0.3) is 0 Å². The largest absolute Gasteiger partial charge is 0.496 e. The van der Waals surface area contributed by atoms with E-state index in [2.05, 4.69) is 13.2 Å². The average Bonchev–Trinajstić information content (AvgIpc) is 3.16. The average molecular weight is 771 g/mol. The second-order valence-electron chi connectivity index (χ2n) is 13.7. The molecule has 0 aliphatic heterocycles. The van der Waals surface area contributed by atoms with Crippen LogP contribution in [-0.4, -0.2) is 53.9 Å². The SMILES string of the molecule is C.C=C(C)C(=O)OCC(C)COCc1cc(-c2ccc(S(=O)(=O)c3ccc(-c4ccc(OC)c(COCC(C)COC(=O)C(=C)C)c4)cc3)cc2)ccc1C. The second kappa shape index (κ2) is 20.6. The van der Waals surface area contributed by atoms with Gasteiger partial charge >= 0.3 is 11.9 Å². The van der Waals surface area contributed by atoms with Crippen molar-refractivity contribution in [2.45, 2.75) is 65.1 Å². The van der Waals surface area contributed by atoms with Crippen LogP contribution in [0.15, 0.2) is 119 Å². The lowest BCUT2D eigenvalue weighted by Gasteiger charge is -2.15. The van der Waals surface area contributed by atoms with Crippen molar-refractivity contribution in [3.63, 3.8) is 0 Å². The van der Waals surface area contributed by atoms with E-state index in [-0.39, 0.29) is 48.9 Å². The zero-order chi connectivity index (χ0) is 39.4. The first-order valence-corrected chi connectivity index (χ1v) is 19.2. The number of hydrogen-bond donors (Lipinski definition) is 0. The van der Waals surface area contributed by atoms with Crippen LogP contribution >= 0.6 is 0 Å². The van der Waals surface area contributed by atoms with Crippen LogP contribution < -0.4 is 4.74 Å². The Morgan fingerprint density at radius 2 is 1.02 bits per heavy atom. The van der Waals surface area contributed by atoms with E-state index in [1.807, 2.05) is 69.3 Å². The van der Waals surface area contributed by atoms with Crippen LogP contribution in [-0.2, 0) is 51.6 Å². The maximum atomic E-state index is 13.6. The van der Waals surface area contributed by atoms with Crippen molar-refractivity contribution in [1.82, 2.24) is 0 Å². The van der Waals surface area contributed by atoms with Crippen molar-refractivity contribution < 1.29 is 41.7 Å². The van der Waals surface area contributed by atoms with Crippen molar-refractivity contribution >= 4 is 21.8 Å². The highest BCUT2D eigenvalue weighted by Gasteiger charge is 2.19. The Morgan fingerprint density at radius 3 is 1.45 bits per heavy atom. The van der Waals surface area contributed by atoms with Gasteiger partial charge in [-0.25, -0.2) is 18.0 Å². The third-order valence-corrected chi connectivity index (χ3v) is 10.4. The first-order chi connectivity index (χ1) is 25.7. The van der Waals surface area contributed by atoms with Crippen LogP contribution in [0.2, 0.25) is 0 Å². The van der Waals surface area contributed by atoms with Gasteiger partial charge in [0.1, 0.15) is 5.75 Å². The Bertz CT molecular complexity index is 2050. The number of ether oxygens (including phenoxy) is 5. The lowest BCUT2D eigenvalue weighted by atomic mass is 10.00. The van der Waals surface area contributed by atoms with E-state index in [4.69, 9.17) is 23.7 Å². The van der Waals surface area contributed by atoms with E-state index in [1.54, 1.807) is 57.4 Å². The van der Waals surface area contributed by atoms with Gasteiger partial charge in [-0.3, -0.25) is 0 Å². The highest BCUT2D eigenvalue weighted by atomic mass is 32.2. The zero-order valence-corrected chi connectivity index (χ0v) is 32.8. The fraction of sp³-hybridized carbons (Fsp3) is 0.333. The van der Waals surface area contributed by atoms with Gasteiger partial charge in [0, 0.05) is 28.5 Å². The highest BCUT2D eigenvalue weighted by Crippen LogP contribution is 2.31. The summed E-state index contributed by atoms with van der Waals surface area (Å²) in [6.07, 6.45) is 0. The normalized spacial score (nSPS) is 12.2. The molecule has 4 aromatic rings. The third kappa shape index (κ3) is 12.5. The number of hydrogen-bond acceptors (Lipinski definition) is 9. The van der Waals surface area contributed by atoms with Crippen LogP contribution in [0.5, 0.6) is 5.75 Å². The van der Waals surface area contributed by atoms with E-state index in [0.29, 0.717) is 36.7 Å². The van der Waals surface area contributed by atoms with E-state index in [9.17, 15) is 18.0 Å². The van der Waals surface area contributed by atoms with Crippen molar-refractivity contribution in [3.05, 3.63) is 126 Å². The van der Waals surface area contributed by atoms with Crippen molar-refractivity contribution in [3.8, 4) is 28.0 Å². The summed E-state index contributed by atoms with van der Waals surface area (Å²) in [5, 5.41) is 0. The number of carbonyl (C=O) groups excluding carboxylic acids is 2. The van der Waals surface area contributed by atoms with Gasteiger partial charge in [-0.15, -0.1) is 0 Å². The van der Waals surface area contributed by atoms with E-state index in [0.717, 1.165) is 38.9 Å². The standard InChI is InChI=1S/C44H50O9S.CH4/c1-29(2)43(45)52-25-31(5)23-50-27-38-21-36(10-9-33(38)7)34-11-16-40(17-12-34)54(47,48)41-18-13-35(14-19-41)37-15-20-42(49-8)39(22-37)28-51-24-32(6)26-53-44(46)30(3)4;/h9-22,31-32H,1,3,23-28H2,2,4-8H3;1H4. The molecule has 0 amide bonds. The summed E-state index contributed by atoms with van der Waals surface area (Å²) >= 11 is 0. The molecule has 0 aliphatic carbocycles. The van der Waals surface area contributed by atoms with Gasteiger partial charge in [0.15, 0.2) is 0 Å². The number of methoxy groups -OCH3 is 1. The topological polar surface area (TPSA) is 114 Å². The van der Waals surface area contributed by atoms with E-state index >= 15 is 0 Å². The zero-order valence-electron chi connectivity index (χ0n) is 32.0. The van der Waals surface area contributed by atoms with Crippen LogP contribution in [0, 0.1) is 18.8 Å². The van der Waals surface area contributed by atoms with Crippen molar-refractivity contribution in [2.75, 3.05) is 33.5 Å². The number of rotatable bonds is 19. The fourth-order valence-corrected chi connectivity index (χ4v) is 6.65. The quantitative estimate of drug-likeness (QED) is 0.0680. The predicted molar refractivity (Wildman–Crippen MR) is 216 cm³/mol. The lowest BCUT2D eigenvalue weighted by Crippen LogP contribution is -2.16. The van der Waals surface area contributed by atoms with Gasteiger partial charge < -0.3 is 23.7 Å². The van der Waals surface area contributed by atoms with Gasteiger partial charge in [-0.2, -0.15) is 0 Å². The molecule has 0 fully saturated rings. The van der Waals surface area contributed by atoms with Gasteiger partial charge in [-0.1, -0.05) is 76.9 Å². The molecule has 0 N–H and O–H groups in total. The number of aryl methyl sites for hydroxylation is 1. The first kappa shape index (κ1) is 44.4. The minimum absolute atomic E-state index is 0. The lowest BCUT2D eigenvalue weighted by molar-refractivity contribution is -0.141. The van der Waals surface area contributed by atoms with Crippen LogP contribution in [0.4, 0.5) is 0 Å². The number of benzene rings is 4. The molecule has 10 heteroatoms. The molecule has 4 rings (SSSR count). The second-order valence-corrected chi connectivity index (χ2v) is 15.7. The Morgan fingerprint density at radius 1 is 0.618 bits per heavy atom. The summed E-state index contributed by atoms with van der Waals surface area (Å²) in [5.74, 6) is -0.148. The molecule has 0 heterocycles. The Balaban J connectivity index is 0.00000812. The molecule has 55 heavy (non-hydrogen) atoms. The molecule has 0 aromatic heterocycles. The Labute approximate surface area is 326 Å². The molecule has 2 atom stereocenters. The highest BCUT2D eigenvalue weighted by molar-refractivity contribution is 7.91. The summed E-state index contributed by atoms with van der Waals surface area (Å²) in [5.41, 5.74) is 7.19. The van der Waals surface area contributed by atoms with Gasteiger partial charge in [0.2, 0.25) is 9.84 Å². The maximum absolute atomic E-state index is 13.6. The van der Waals surface area contributed by atoms with Crippen molar-refractivity contribution in [1.29, 1.82) is 0 Å². The maximum Gasteiger partial charge on any atom is 0.333 e. The Kier molecular flexibility index (Phi) is 16.6. The van der Waals surface area contributed by atoms with Crippen LogP contribution in [0.25, 0.3) is 22.3 Å². The predicted octanol–water partition coefficient (Wildman–Crippen LogP) is 9.35. The Hall–Kier alpha value is -5.03. The molecule has 0 bridgehead atoms. The number of sulfone groups is 1. The smallest absolute Gasteiger partial charge is 0.333 e. The van der Waals surface area contributed by atoms with Gasteiger partial charge in [0.05, 0.1) is 56.5 Å². The summed E-state index contributed by atoms with van der Waals surface area (Å²) in [6.45, 7) is 18.3. The fourth-order valence-electron chi connectivity index (χ4n) is 5.39. The van der Waals surface area contributed by atoms with Crippen molar-refractivity contribution in [2.24, 2.45) is 11.8 Å². The van der Waals surface area contributed by atoms with Crippen LogP contribution in [0.3, 0.4) is 0 Å². The molecule has 294 valence electrons. The summed E-state index contributed by atoms with van der Waals surface area (Å²) in [7, 11) is -2.18. The monoisotopic (exact) mass is 770 g/mol. The van der Waals surface area contributed by atoms with E-state index < -0.39 is 21.8 Å². The molecule has 2 unspecified atom stereocenters. The molecule has 0 spiro atoms. The third-order valence-electron chi connectivity index (χ3n) is 8.64. The summed E-state index contributed by atoms with van der Waals surface area (Å²) < 4.78 is 55.1.